The van der Waals surface area contributed by atoms with Crippen LogP contribution in [0.2, 0.25) is 0 Å². The number of carbonyl (C=O) groups is 1. The summed E-state index contributed by atoms with van der Waals surface area (Å²) in [5.41, 5.74) is 0.668. The van der Waals surface area contributed by atoms with Crippen molar-refractivity contribution in [3.8, 4) is 0 Å². The molecule has 0 saturated carbocycles. The monoisotopic (exact) mass is 314 g/mol. The van der Waals surface area contributed by atoms with Gasteiger partial charge < -0.3 is 14.6 Å². The van der Waals surface area contributed by atoms with Crippen molar-refractivity contribution in [1.82, 2.24) is 9.88 Å². The van der Waals surface area contributed by atoms with Gasteiger partial charge in [0.1, 0.15) is 5.69 Å². The molecule has 0 aliphatic rings. The summed E-state index contributed by atoms with van der Waals surface area (Å²) in [7, 11) is 0. The molecule has 0 aliphatic carbocycles. The van der Waals surface area contributed by atoms with Gasteiger partial charge in [-0.1, -0.05) is 6.58 Å². The first-order chi connectivity index (χ1) is 8.56. The van der Waals surface area contributed by atoms with Crippen LogP contribution >= 0.6 is 15.9 Å². The van der Waals surface area contributed by atoms with Gasteiger partial charge in [-0.3, -0.25) is 4.79 Å². The molecular formula is C13H19BrN2O2. The van der Waals surface area contributed by atoms with E-state index in [-0.39, 0.29) is 11.9 Å². The lowest BCUT2D eigenvalue weighted by molar-refractivity contribution is 0.0939. The van der Waals surface area contributed by atoms with Crippen LogP contribution in [-0.2, 0) is 4.74 Å². The lowest BCUT2D eigenvalue weighted by Gasteiger charge is -2.12. The van der Waals surface area contributed by atoms with Gasteiger partial charge in [-0.2, -0.15) is 0 Å². The fourth-order valence-electron chi connectivity index (χ4n) is 1.59. The first-order valence-electron chi connectivity index (χ1n) is 5.94. The second-order valence-electron chi connectivity index (χ2n) is 4.19. The predicted molar refractivity (Wildman–Crippen MR) is 75.6 cm³/mol. The molecule has 4 nitrogen and oxygen atoms in total. The molecule has 0 unspecified atom stereocenters. The van der Waals surface area contributed by atoms with Gasteiger partial charge in [0.2, 0.25) is 0 Å². The van der Waals surface area contributed by atoms with E-state index in [1.54, 1.807) is 0 Å². The number of rotatable bonds is 7. The van der Waals surface area contributed by atoms with Gasteiger partial charge in [0, 0.05) is 23.3 Å². The number of hydrogen-bond donors (Lipinski definition) is 1. The molecule has 0 saturated heterocycles. The van der Waals surface area contributed by atoms with Crippen molar-refractivity contribution in [1.29, 1.82) is 0 Å². The molecule has 0 atom stereocenters. The second kappa shape index (κ2) is 7.26. The van der Waals surface area contributed by atoms with Crippen LogP contribution in [0.15, 0.2) is 29.6 Å². The third-order valence-corrected chi connectivity index (χ3v) is 2.88. The average Bonchev–Trinajstić information content (AvgIpc) is 2.71. The summed E-state index contributed by atoms with van der Waals surface area (Å²) in [6.45, 7) is 8.70. The predicted octanol–water partition coefficient (Wildman–Crippen LogP) is 3.11. The summed E-state index contributed by atoms with van der Waals surface area (Å²) in [5.74, 6) is -0.0620. The number of amides is 1. The average molecular weight is 315 g/mol. The lowest BCUT2D eigenvalue weighted by Crippen LogP contribution is -2.27. The minimum absolute atomic E-state index is 0.0620. The molecule has 5 heteroatoms. The summed E-state index contributed by atoms with van der Waals surface area (Å²) in [5, 5.41) is 2.87. The van der Waals surface area contributed by atoms with Crippen molar-refractivity contribution < 1.29 is 9.53 Å². The Morgan fingerprint density at radius 2 is 2.39 bits per heavy atom. The zero-order valence-corrected chi connectivity index (χ0v) is 12.4. The summed E-state index contributed by atoms with van der Waals surface area (Å²) in [4.78, 5) is 12.0. The third-order valence-electron chi connectivity index (χ3n) is 2.45. The third kappa shape index (κ3) is 4.22. The molecule has 1 rings (SSSR count). The Bertz CT molecular complexity index is 413. The Morgan fingerprint density at radius 3 is 3.00 bits per heavy atom. The van der Waals surface area contributed by atoms with Crippen LogP contribution in [-0.4, -0.2) is 23.6 Å². The van der Waals surface area contributed by atoms with Crippen LogP contribution in [0.4, 0.5) is 0 Å². The molecule has 0 radical (unpaired) electrons. The summed E-state index contributed by atoms with van der Waals surface area (Å²) >= 11 is 3.39. The van der Waals surface area contributed by atoms with Gasteiger partial charge in [0.15, 0.2) is 0 Å². The van der Waals surface area contributed by atoms with Crippen LogP contribution in [0.5, 0.6) is 0 Å². The normalized spacial score (nSPS) is 10.4. The van der Waals surface area contributed by atoms with Crippen molar-refractivity contribution in [2.24, 2.45) is 0 Å². The van der Waals surface area contributed by atoms with Crippen molar-refractivity contribution in [3.05, 3.63) is 35.3 Å². The van der Waals surface area contributed by atoms with Crippen LogP contribution in [0.25, 0.3) is 0 Å². The van der Waals surface area contributed by atoms with E-state index < -0.39 is 0 Å². The molecule has 1 aromatic heterocycles. The highest BCUT2D eigenvalue weighted by atomic mass is 79.9. The van der Waals surface area contributed by atoms with Gasteiger partial charge >= 0.3 is 0 Å². The van der Waals surface area contributed by atoms with Crippen molar-refractivity contribution in [3.63, 3.8) is 0 Å². The van der Waals surface area contributed by atoms with Crippen LogP contribution in [0, 0.1) is 0 Å². The highest BCUT2D eigenvalue weighted by molar-refractivity contribution is 9.10. The number of hydrogen-bond acceptors (Lipinski definition) is 2. The van der Waals surface area contributed by atoms with E-state index in [0.717, 1.165) is 10.9 Å². The van der Waals surface area contributed by atoms with Crippen molar-refractivity contribution in [2.45, 2.75) is 26.3 Å². The molecule has 1 aromatic rings. The fourth-order valence-corrected chi connectivity index (χ4v) is 2.02. The molecular weight excluding hydrogens is 296 g/mol. The maximum atomic E-state index is 12.0. The lowest BCUT2D eigenvalue weighted by atomic mass is 10.3. The molecule has 0 aromatic carbocycles. The van der Waals surface area contributed by atoms with Gasteiger partial charge in [0.25, 0.3) is 5.91 Å². The number of carbonyl (C=O) groups excluding carboxylic acids is 1. The summed E-state index contributed by atoms with van der Waals surface area (Å²) in [6.07, 6.45) is 4.09. The maximum absolute atomic E-state index is 12.0. The first kappa shape index (κ1) is 14.8. The van der Waals surface area contributed by atoms with E-state index in [1.807, 2.05) is 30.7 Å². The van der Waals surface area contributed by atoms with Crippen LogP contribution in [0.1, 0.15) is 36.8 Å². The maximum Gasteiger partial charge on any atom is 0.267 e. The highest BCUT2D eigenvalue weighted by Crippen LogP contribution is 2.19. The topological polar surface area (TPSA) is 43.3 Å². The minimum Gasteiger partial charge on any atom is -0.502 e. The number of nitrogens with one attached hydrogen (secondary N) is 1. The molecule has 0 spiro atoms. The van der Waals surface area contributed by atoms with Gasteiger partial charge in [-0.25, -0.2) is 0 Å². The van der Waals surface area contributed by atoms with Gasteiger partial charge in [-0.05, 0) is 42.3 Å². The van der Waals surface area contributed by atoms with E-state index in [0.29, 0.717) is 18.8 Å². The number of nitrogens with zero attached hydrogens (tertiary/aromatic N) is 1. The zero-order valence-electron chi connectivity index (χ0n) is 10.8. The van der Waals surface area contributed by atoms with E-state index in [9.17, 15) is 4.79 Å². The molecule has 1 heterocycles. The van der Waals surface area contributed by atoms with E-state index in [1.165, 1.54) is 6.26 Å². The molecule has 0 aliphatic heterocycles. The Kier molecular flexibility index (Phi) is 5.98. The smallest absolute Gasteiger partial charge is 0.267 e. The zero-order chi connectivity index (χ0) is 13.5. The van der Waals surface area contributed by atoms with E-state index in [2.05, 4.69) is 27.8 Å². The van der Waals surface area contributed by atoms with E-state index >= 15 is 0 Å². The summed E-state index contributed by atoms with van der Waals surface area (Å²) in [6, 6.07) is 2.08. The number of halogens is 1. The van der Waals surface area contributed by atoms with Crippen LogP contribution < -0.4 is 5.32 Å². The quantitative estimate of drug-likeness (QED) is 0.620. The number of aromatic nitrogens is 1. The molecule has 0 fully saturated rings. The number of ether oxygens (including phenoxy) is 1. The Morgan fingerprint density at radius 1 is 1.67 bits per heavy atom. The van der Waals surface area contributed by atoms with Crippen molar-refractivity contribution in [2.75, 3.05) is 13.2 Å². The standard InChI is InChI=1S/C13H19BrN2O2/c1-4-18-7-5-6-15-13(17)12-8-11(14)9-16(12)10(2)3/h4,8-10H,1,5-7H2,2-3H3,(H,15,17). The first-order valence-corrected chi connectivity index (χ1v) is 6.73. The summed E-state index contributed by atoms with van der Waals surface area (Å²) < 4.78 is 7.84. The van der Waals surface area contributed by atoms with E-state index in [4.69, 9.17) is 4.74 Å². The van der Waals surface area contributed by atoms with Crippen LogP contribution in [0.3, 0.4) is 0 Å². The molecule has 0 bridgehead atoms. The fraction of sp³-hybridized carbons (Fsp3) is 0.462. The largest absolute Gasteiger partial charge is 0.502 e. The Balaban J connectivity index is 2.53. The second-order valence-corrected chi connectivity index (χ2v) is 5.11. The van der Waals surface area contributed by atoms with Gasteiger partial charge in [-0.15, -0.1) is 0 Å². The Labute approximate surface area is 116 Å². The highest BCUT2D eigenvalue weighted by Gasteiger charge is 2.14. The molecule has 1 N–H and O–H groups in total. The Hall–Kier alpha value is -1.23. The van der Waals surface area contributed by atoms with Crippen molar-refractivity contribution >= 4 is 21.8 Å². The SMILES string of the molecule is C=COCCCNC(=O)c1cc(Br)cn1C(C)C. The van der Waals surface area contributed by atoms with Gasteiger partial charge in [0.05, 0.1) is 12.9 Å². The molecule has 100 valence electrons. The molecule has 18 heavy (non-hydrogen) atoms. The molecule has 1 amide bonds. The minimum atomic E-state index is -0.0620.